The molecule has 0 aliphatic carbocycles. The molecule has 0 saturated carbocycles. The highest BCUT2D eigenvalue weighted by atomic mass is 16.5. The van der Waals surface area contributed by atoms with Crippen molar-refractivity contribution < 1.29 is 19.4 Å². The summed E-state index contributed by atoms with van der Waals surface area (Å²) in [6.07, 6.45) is 1.41. The second kappa shape index (κ2) is 7.94. The summed E-state index contributed by atoms with van der Waals surface area (Å²) in [7, 11) is 0. The van der Waals surface area contributed by atoms with E-state index in [1.807, 2.05) is 36.4 Å². The van der Waals surface area contributed by atoms with Crippen molar-refractivity contribution in [2.75, 3.05) is 6.61 Å². The number of hydrogen-bond acceptors (Lipinski definition) is 5. The number of hydrogen-bond donors (Lipinski definition) is 1. The fourth-order valence-corrected chi connectivity index (χ4v) is 2.32. The van der Waals surface area contributed by atoms with Crippen LogP contribution in [0.25, 0.3) is 10.8 Å². The van der Waals surface area contributed by atoms with Gasteiger partial charge in [0.1, 0.15) is 5.75 Å². The first-order valence-electron chi connectivity index (χ1n) is 7.87. The molecule has 0 fully saturated rings. The van der Waals surface area contributed by atoms with Gasteiger partial charge < -0.3 is 14.6 Å². The van der Waals surface area contributed by atoms with E-state index < -0.39 is 11.9 Å². The largest absolute Gasteiger partial charge is 0.545 e. The number of carbonyl (C=O) groups excluding carboxylic acids is 2. The van der Waals surface area contributed by atoms with Gasteiger partial charge in [-0.05, 0) is 34.0 Å². The van der Waals surface area contributed by atoms with E-state index in [4.69, 9.17) is 4.74 Å². The van der Waals surface area contributed by atoms with E-state index >= 15 is 0 Å². The third-order valence-corrected chi connectivity index (χ3v) is 3.64. The van der Waals surface area contributed by atoms with Gasteiger partial charge in [0.25, 0.3) is 5.91 Å². The van der Waals surface area contributed by atoms with Crippen molar-refractivity contribution in [2.45, 2.75) is 0 Å². The average Bonchev–Trinajstić information content (AvgIpc) is 2.66. The molecule has 3 rings (SSSR count). The topological polar surface area (TPSA) is 90.8 Å². The van der Waals surface area contributed by atoms with E-state index in [9.17, 15) is 14.7 Å². The molecule has 0 atom stereocenters. The molecular weight excluding hydrogens is 332 g/mol. The van der Waals surface area contributed by atoms with Crippen LogP contribution in [0.2, 0.25) is 0 Å². The number of carboxylic acids is 1. The summed E-state index contributed by atoms with van der Waals surface area (Å²) < 4.78 is 5.46. The molecule has 0 aliphatic heterocycles. The van der Waals surface area contributed by atoms with Gasteiger partial charge in [0.05, 0.1) is 12.2 Å². The number of amides is 1. The minimum atomic E-state index is -1.24. The number of hydrazone groups is 1. The second-order valence-corrected chi connectivity index (χ2v) is 5.50. The van der Waals surface area contributed by atoms with E-state index in [2.05, 4.69) is 10.5 Å². The van der Waals surface area contributed by atoms with Crippen LogP contribution in [0.4, 0.5) is 0 Å². The molecule has 1 N–H and O–H groups in total. The molecule has 0 unspecified atom stereocenters. The van der Waals surface area contributed by atoms with Gasteiger partial charge in [-0.1, -0.05) is 54.6 Å². The Bertz CT molecular complexity index is 965. The van der Waals surface area contributed by atoms with E-state index in [0.29, 0.717) is 11.3 Å². The van der Waals surface area contributed by atoms with Gasteiger partial charge in [0.15, 0.2) is 6.61 Å². The smallest absolute Gasteiger partial charge is 0.277 e. The maximum Gasteiger partial charge on any atom is 0.277 e. The summed E-state index contributed by atoms with van der Waals surface area (Å²) in [4.78, 5) is 22.4. The number of nitrogens with one attached hydrogen (secondary N) is 1. The van der Waals surface area contributed by atoms with Crippen molar-refractivity contribution in [3.05, 3.63) is 77.9 Å². The predicted octanol–water partition coefficient (Wildman–Crippen LogP) is 1.73. The molecule has 0 heterocycles. The maximum atomic E-state index is 11.8. The third kappa shape index (κ3) is 4.45. The van der Waals surface area contributed by atoms with Crippen LogP contribution in [-0.4, -0.2) is 24.7 Å². The summed E-state index contributed by atoms with van der Waals surface area (Å²) in [5, 5.41) is 16.6. The standard InChI is InChI=1S/C20H16N2O4/c23-19(22-21-12-14-5-7-16(8-6-14)20(24)25)13-26-18-10-9-15-3-1-2-4-17(15)11-18/h1-12H,13H2,(H,22,23)(H,24,25)/p-1/b21-12-. The molecule has 3 aromatic rings. The van der Waals surface area contributed by atoms with Gasteiger partial charge in [0, 0.05) is 0 Å². The van der Waals surface area contributed by atoms with Crippen molar-refractivity contribution in [1.29, 1.82) is 0 Å². The fraction of sp³-hybridized carbons (Fsp3) is 0.0500. The SMILES string of the molecule is O=C(COc1ccc2ccccc2c1)N/N=C\c1ccc(C(=O)[O-])cc1. The lowest BCUT2D eigenvalue weighted by molar-refractivity contribution is -0.255. The zero-order chi connectivity index (χ0) is 18.4. The Morgan fingerprint density at radius 2 is 1.73 bits per heavy atom. The van der Waals surface area contributed by atoms with Crippen LogP contribution in [0.15, 0.2) is 71.8 Å². The van der Waals surface area contributed by atoms with Crippen LogP contribution < -0.4 is 15.3 Å². The number of nitrogens with zero attached hydrogens (tertiary/aromatic N) is 1. The monoisotopic (exact) mass is 347 g/mol. The van der Waals surface area contributed by atoms with Gasteiger partial charge >= 0.3 is 0 Å². The van der Waals surface area contributed by atoms with E-state index in [1.54, 1.807) is 18.2 Å². The summed E-state index contributed by atoms with van der Waals surface area (Å²) in [6.45, 7) is -0.167. The molecule has 6 heteroatoms. The molecule has 3 aromatic carbocycles. The third-order valence-electron chi connectivity index (χ3n) is 3.64. The van der Waals surface area contributed by atoms with Gasteiger partial charge in [-0.2, -0.15) is 5.10 Å². The molecule has 130 valence electrons. The molecular formula is C20H15N2O4-. The number of fused-ring (bicyclic) bond motifs is 1. The second-order valence-electron chi connectivity index (χ2n) is 5.50. The van der Waals surface area contributed by atoms with Gasteiger partial charge in [-0.15, -0.1) is 0 Å². The highest BCUT2D eigenvalue weighted by Crippen LogP contribution is 2.20. The molecule has 0 saturated heterocycles. The molecule has 0 aromatic heterocycles. The molecule has 0 radical (unpaired) electrons. The number of aromatic carboxylic acids is 1. The van der Waals surface area contributed by atoms with Crippen molar-refractivity contribution in [3.63, 3.8) is 0 Å². The average molecular weight is 347 g/mol. The first kappa shape index (κ1) is 17.2. The Hall–Kier alpha value is -3.67. The van der Waals surface area contributed by atoms with Crippen LogP contribution in [0.3, 0.4) is 0 Å². The zero-order valence-corrected chi connectivity index (χ0v) is 13.7. The normalized spacial score (nSPS) is 10.8. The Morgan fingerprint density at radius 3 is 2.46 bits per heavy atom. The van der Waals surface area contributed by atoms with Gasteiger partial charge in [0.2, 0.25) is 0 Å². The Balaban J connectivity index is 1.51. The number of carbonyl (C=O) groups is 2. The van der Waals surface area contributed by atoms with Crippen LogP contribution in [0.5, 0.6) is 5.75 Å². The molecule has 6 nitrogen and oxygen atoms in total. The van der Waals surface area contributed by atoms with Gasteiger partial charge in [-0.25, -0.2) is 5.43 Å². The Morgan fingerprint density at radius 1 is 1.00 bits per heavy atom. The quantitative estimate of drug-likeness (QED) is 0.543. The predicted molar refractivity (Wildman–Crippen MR) is 96.0 cm³/mol. The van der Waals surface area contributed by atoms with Crippen molar-refractivity contribution in [3.8, 4) is 5.75 Å². The Kier molecular flexibility index (Phi) is 5.24. The summed E-state index contributed by atoms with van der Waals surface area (Å²) in [5.41, 5.74) is 3.08. The molecule has 1 amide bonds. The van der Waals surface area contributed by atoms with E-state index in [1.165, 1.54) is 18.3 Å². The summed E-state index contributed by atoms with van der Waals surface area (Å²) in [5.74, 6) is -1.05. The van der Waals surface area contributed by atoms with Gasteiger partial charge in [-0.3, -0.25) is 4.79 Å². The molecule has 0 bridgehead atoms. The molecule has 26 heavy (non-hydrogen) atoms. The number of ether oxygens (including phenoxy) is 1. The van der Waals surface area contributed by atoms with Crippen molar-refractivity contribution in [1.82, 2.24) is 5.43 Å². The van der Waals surface area contributed by atoms with E-state index in [0.717, 1.165) is 10.8 Å². The minimum Gasteiger partial charge on any atom is -0.545 e. The highest BCUT2D eigenvalue weighted by Gasteiger charge is 2.02. The lowest BCUT2D eigenvalue weighted by Crippen LogP contribution is -2.24. The van der Waals surface area contributed by atoms with Crippen LogP contribution in [-0.2, 0) is 4.79 Å². The summed E-state index contributed by atoms with van der Waals surface area (Å²) in [6, 6.07) is 19.4. The van der Waals surface area contributed by atoms with Crippen LogP contribution >= 0.6 is 0 Å². The lowest BCUT2D eigenvalue weighted by Gasteiger charge is -2.06. The van der Waals surface area contributed by atoms with Crippen LogP contribution in [0.1, 0.15) is 15.9 Å². The molecule has 0 spiro atoms. The Labute approximate surface area is 149 Å². The minimum absolute atomic E-state index is 0.0787. The van der Waals surface area contributed by atoms with Crippen molar-refractivity contribution in [2.24, 2.45) is 5.10 Å². The van der Waals surface area contributed by atoms with Crippen molar-refractivity contribution >= 4 is 28.9 Å². The number of rotatable bonds is 6. The zero-order valence-electron chi connectivity index (χ0n) is 13.7. The van der Waals surface area contributed by atoms with Crippen LogP contribution in [0, 0.1) is 0 Å². The number of benzene rings is 3. The first-order valence-corrected chi connectivity index (χ1v) is 7.87. The lowest BCUT2D eigenvalue weighted by atomic mass is 10.1. The first-order chi connectivity index (χ1) is 12.6. The highest BCUT2D eigenvalue weighted by molar-refractivity contribution is 5.88. The number of carboxylic acid groups (broad SMARTS) is 1. The summed E-state index contributed by atoms with van der Waals surface area (Å²) >= 11 is 0. The van der Waals surface area contributed by atoms with E-state index in [-0.39, 0.29) is 12.2 Å². The fourth-order valence-electron chi connectivity index (χ4n) is 2.32. The molecule has 0 aliphatic rings. The maximum absolute atomic E-state index is 11.8.